The number of rotatable bonds is 2. The predicted octanol–water partition coefficient (Wildman–Crippen LogP) is 3.22. The van der Waals surface area contributed by atoms with E-state index in [0.29, 0.717) is 6.04 Å². The first-order chi connectivity index (χ1) is 9.16. The highest BCUT2D eigenvalue weighted by Gasteiger charge is 2.29. The van der Waals surface area contributed by atoms with Crippen molar-refractivity contribution < 1.29 is 0 Å². The molecular formula is C15H22N4. The van der Waals surface area contributed by atoms with E-state index in [9.17, 15) is 0 Å². The standard InChI is InChI=1S/C15H22N4/c1-10-4-5-13(11(2)8-10)19(3)15-12-6-7-16-14(12)17-9-18-15/h6-7,9-11,13H,4-5,8H2,1-3H3,(H,16,17,18). The van der Waals surface area contributed by atoms with Crippen LogP contribution in [0.25, 0.3) is 11.0 Å². The normalized spacial score (nSPS) is 27.6. The molecule has 0 aromatic carbocycles. The van der Waals surface area contributed by atoms with Crippen LogP contribution in [0.2, 0.25) is 0 Å². The van der Waals surface area contributed by atoms with Gasteiger partial charge in [-0.2, -0.15) is 0 Å². The van der Waals surface area contributed by atoms with Gasteiger partial charge in [0.15, 0.2) is 0 Å². The van der Waals surface area contributed by atoms with Crippen LogP contribution in [0.15, 0.2) is 18.6 Å². The number of nitrogens with zero attached hydrogens (tertiary/aromatic N) is 3. The maximum Gasteiger partial charge on any atom is 0.142 e. The first-order valence-electron chi connectivity index (χ1n) is 7.17. The lowest BCUT2D eigenvalue weighted by Gasteiger charge is -2.39. The molecule has 4 heteroatoms. The number of nitrogens with one attached hydrogen (secondary N) is 1. The molecule has 1 aliphatic carbocycles. The van der Waals surface area contributed by atoms with Crippen LogP contribution >= 0.6 is 0 Å². The molecule has 102 valence electrons. The van der Waals surface area contributed by atoms with Crippen molar-refractivity contribution in [1.82, 2.24) is 15.0 Å². The fourth-order valence-electron chi connectivity index (χ4n) is 3.52. The summed E-state index contributed by atoms with van der Waals surface area (Å²) in [5.74, 6) is 2.63. The number of hydrogen-bond acceptors (Lipinski definition) is 3. The number of aromatic amines is 1. The maximum atomic E-state index is 4.50. The molecule has 0 aliphatic heterocycles. The van der Waals surface area contributed by atoms with Crippen LogP contribution in [-0.2, 0) is 0 Å². The van der Waals surface area contributed by atoms with Gasteiger partial charge in [-0.15, -0.1) is 0 Å². The van der Waals surface area contributed by atoms with Crippen LogP contribution in [0, 0.1) is 11.8 Å². The van der Waals surface area contributed by atoms with Crippen LogP contribution in [0.1, 0.15) is 33.1 Å². The second kappa shape index (κ2) is 4.83. The van der Waals surface area contributed by atoms with Gasteiger partial charge in [0.25, 0.3) is 0 Å². The highest BCUT2D eigenvalue weighted by molar-refractivity contribution is 5.87. The van der Waals surface area contributed by atoms with Gasteiger partial charge in [-0.25, -0.2) is 9.97 Å². The summed E-state index contributed by atoms with van der Waals surface area (Å²) in [5, 5.41) is 1.12. The van der Waals surface area contributed by atoms with Crippen molar-refractivity contribution >= 4 is 16.9 Å². The quantitative estimate of drug-likeness (QED) is 0.899. The lowest BCUT2D eigenvalue weighted by Crippen LogP contribution is -2.41. The molecule has 1 N–H and O–H groups in total. The van der Waals surface area contributed by atoms with E-state index in [-0.39, 0.29) is 0 Å². The zero-order chi connectivity index (χ0) is 13.4. The topological polar surface area (TPSA) is 44.8 Å². The summed E-state index contributed by atoms with van der Waals surface area (Å²) in [6.45, 7) is 4.73. The molecule has 0 radical (unpaired) electrons. The summed E-state index contributed by atoms with van der Waals surface area (Å²) in [5.41, 5.74) is 0.925. The van der Waals surface area contributed by atoms with E-state index in [2.05, 4.69) is 46.8 Å². The Morgan fingerprint density at radius 2 is 2.11 bits per heavy atom. The molecule has 0 amide bonds. The molecule has 2 aromatic heterocycles. The van der Waals surface area contributed by atoms with Gasteiger partial charge < -0.3 is 9.88 Å². The molecule has 2 aromatic rings. The van der Waals surface area contributed by atoms with Gasteiger partial charge in [-0.1, -0.05) is 13.8 Å². The Morgan fingerprint density at radius 1 is 1.26 bits per heavy atom. The third-order valence-electron chi connectivity index (χ3n) is 4.55. The monoisotopic (exact) mass is 258 g/mol. The zero-order valence-electron chi connectivity index (χ0n) is 11.9. The summed E-state index contributed by atoms with van der Waals surface area (Å²) in [6.07, 6.45) is 7.48. The predicted molar refractivity (Wildman–Crippen MR) is 78.3 cm³/mol. The van der Waals surface area contributed by atoms with Gasteiger partial charge in [-0.3, -0.25) is 0 Å². The molecule has 0 spiro atoms. The van der Waals surface area contributed by atoms with Gasteiger partial charge in [0, 0.05) is 19.3 Å². The van der Waals surface area contributed by atoms with Crippen molar-refractivity contribution in [3.05, 3.63) is 18.6 Å². The first kappa shape index (κ1) is 12.5. The molecule has 19 heavy (non-hydrogen) atoms. The van der Waals surface area contributed by atoms with Crippen LogP contribution in [0.3, 0.4) is 0 Å². The molecular weight excluding hydrogens is 236 g/mol. The second-order valence-electron chi connectivity index (χ2n) is 6.01. The SMILES string of the molecule is CC1CCC(N(C)c2ncnc3[nH]ccc23)C(C)C1. The second-order valence-corrected chi connectivity index (χ2v) is 6.01. The lowest BCUT2D eigenvalue weighted by atomic mass is 9.79. The van der Waals surface area contributed by atoms with E-state index in [4.69, 9.17) is 0 Å². The van der Waals surface area contributed by atoms with E-state index in [1.54, 1.807) is 6.33 Å². The largest absolute Gasteiger partial charge is 0.356 e. The van der Waals surface area contributed by atoms with Gasteiger partial charge >= 0.3 is 0 Å². The van der Waals surface area contributed by atoms with Gasteiger partial charge in [-0.05, 0) is 37.2 Å². The fourth-order valence-corrected chi connectivity index (χ4v) is 3.52. The summed E-state index contributed by atoms with van der Waals surface area (Å²) in [4.78, 5) is 14.3. The summed E-state index contributed by atoms with van der Waals surface area (Å²) in [6, 6.07) is 2.65. The fraction of sp³-hybridized carbons (Fsp3) is 0.600. The van der Waals surface area contributed by atoms with Crippen molar-refractivity contribution in [1.29, 1.82) is 0 Å². The van der Waals surface area contributed by atoms with E-state index < -0.39 is 0 Å². The molecule has 3 unspecified atom stereocenters. The smallest absolute Gasteiger partial charge is 0.142 e. The first-order valence-corrected chi connectivity index (χ1v) is 7.17. The summed E-state index contributed by atoms with van der Waals surface area (Å²) in [7, 11) is 2.17. The van der Waals surface area contributed by atoms with Crippen molar-refractivity contribution in [3.8, 4) is 0 Å². The van der Waals surface area contributed by atoms with E-state index in [0.717, 1.165) is 28.7 Å². The molecule has 3 rings (SSSR count). The Kier molecular flexibility index (Phi) is 3.17. The highest BCUT2D eigenvalue weighted by atomic mass is 15.2. The van der Waals surface area contributed by atoms with Crippen molar-refractivity contribution in [2.45, 2.75) is 39.2 Å². The van der Waals surface area contributed by atoms with Crippen LogP contribution < -0.4 is 4.90 Å². The third-order valence-corrected chi connectivity index (χ3v) is 4.55. The molecule has 1 aliphatic rings. The van der Waals surface area contributed by atoms with Crippen molar-refractivity contribution in [3.63, 3.8) is 0 Å². The minimum atomic E-state index is 0.587. The number of aromatic nitrogens is 3. The molecule has 2 heterocycles. The number of hydrogen-bond donors (Lipinski definition) is 1. The zero-order valence-corrected chi connectivity index (χ0v) is 11.9. The van der Waals surface area contributed by atoms with E-state index in [1.807, 2.05) is 6.20 Å². The Bertz CT molecular complexity index is 562. The highest BCUT2D eigenvalue weighted by Crippen LogP contribution is 2.34. The third kappa shape index (κ3) is 2.20. The molecule has 1 saturated carbocycles. The molecule has 4 nitrogen and oxygen atoms in total. The van der Waals surface area contributed by atoms with Gasteiger partial charge in [0.1, 0.15) is 17.8 Å². The Hall–Kier alpha value is -1.58. The Labute approximate surface area is 114 Å². The van der Waals surface area contributed by atoms with E-state index in [1.165, 1.54) is 19.3 Å². The van der Waals surface area contributed by atoms with Crippen molar-refractivity contribution in [2.24, 2.45) is 11.8 Å². The average Bonchev–Trinajstić information content (AvgIpc) is 2.86. The van der Waals surface area contributed by atoms with Crippen LogP contribution in [0.4, 0.5) is 5.82 Å². The van der Waals surface area contributed by atoms with Crippen molar-refractivity contribution in [2.75, 3.05) is 11.9 Å². The Balaban J connectivity index is 1.91. The van der Waals surface area contributed by atoms with E-state index >= 15 is 0 Å². The number of fused-ring (bicyclic) bond motifs is 1. The van der Waals surface area contributed by atoms with Gasteiger partial charge in [0.2, 0.25) is 0 Å². The lowest BCUT2D eigenvalue weighted by molar-refractivity contribution is 0.257. The Morgan fingerprint density at radius 3 is 2.89 bits per heavy atom. The number of H-pyrrole nitrogens is 1. The molecule has 1 fully saturated rings. The molecule has 3 atom stereocenters. The maximum absolute atomic E-state index is 4.50. The van der Waals surface area contributed by atoms with Gasteiger partial charge in [0.05, 0.1) is 5.39 Å². The van der Waals surface area contributed by atoms with Crippen LogP contribution in [-0.4, -0.2) is 28.0 Å². The molecule has 0 bridgehead atoms. The minimum absolute atomic E-state index is 0.587. The minimum Gasteiger partial charge on any atom is -0.356 e. The number of anilines is 1. The molecule has 0 saturated heterocycles. The summed E-state index contributed by atoms with van der Waals surface area (Å²) < 4.78 is 0. The summed E-state index contributed by atoms with van der Waals surface area (Å²) >= 11 is 0. The average molecular weight is 258 g/mol. The van der Waals surface area contributed by atoms with Crippen LogP contribution in [0.5, 0.6) is 0 Å².